The Kier molecular flexibility index (Phi) is 4.21. The predicted octanol–water partition coefficient (Wildman–Crippen LogP) is 4.11. The average Bonchev–Trinajstić information content (AvgIpc) is 3.12. The number of halogens is 1. The monoisotopic (exact) mass is 291 g/mol. The number of ether oxygens (including phenoxy) is 1. The van der Waals surface area contributed by atoms with Gasteiger partial charge >= 0.3 is 0 Å². The number of anilines is 1. The van der Waals surface area contributed by atoms with Crippen LogP contribution in [0.5, 0.6) is 5.75 Å². The van der Waals surface area contributed by atoms with Crippen molar-refractivity contribution >= 4 is 17.0 Å². The van der Waals surface area contributed by atoms with E-state index in [0.717, 1.165) is 30.9 Å². The lowest BCUT2D eigenvalue weighted by Gasteiger charge is -2.21. The third kappa shape index (κ3) is 3.12. The van der Waals surface area contributed by atoms with Crippen LogP contribution in [0.15, 0.2) is 35.7 Å². The first-order valence-corrected chi connectivity index (χ1v) is 7.90. The summed E-state index contributed by atoms with van der Waals surface area (Å²) in [6.07, 6.45) is 3.24. The Hall–Kier alpha value is -1.55. The van der Waals surface area contributed by atoms with Gasteiger partial charge in [-0.1, -0.05) is 6.07 Å². The van der Waals surface area contributed by atoms with Crippen molar-refractivity contribution in [3.8, 4) is 5.75 Å². The first kappa shape index (κ1) is 13.4. The van der Waals surface area contributed by atoms with Crippen LogP contribution in [0.4, 0.5) is 10.1 Å². The lowest BCUT2D eigenvalue weighted by atomic mass is 10.2. The second-order valence-corrected chi connectivity index (χ2v) is 6.02. The zero-order valence-electron chi connectivity index (χ0n) is 11.3. The van der Waals surface area contributed by atoms with Gasteiger partial charge < -0.3 is 9.64 Å². The topological polar surface area (TPSA) is 12.5 Å². The highest BCUT2D eigenvalue weighted by Crippen LogP contribution is 2.31. The van der Waals surface area contributed by atoms with Crippen LogP contribution in [0, 0.1) is 5.82 Å². The van der Waals surface area contributed by atoms with E-state index >= 15 is 0 Å². The van der Waals surface area contributed by atoms with Gasteiger partial charge in [-0.3, -0.25) is 0 Å². The molecule has 0 N–H and O–H groups in total. The van der Waals surface area contributed by atoms with Crippen molar-refractivity contribution in [3.63, 3.8) is 0 Å². The zero-order chi connectivity index (χ0) is 13.8. The van der Waals surface area contributed by atoms with Crippen molar-refractivity contribution < 1.29 is 9.13 Å². The number of nitrogens with zero attached hydrogens (tertiary/aromatic N) is 1. The quantitative estimate of drug-likeness (QED) is 0.822. The van der Waals surface area contributed by atoms with Gasteiger partial charge in [-0.05, 0) is 36.4 Å². The highest BCUT2D eigenvalue weighted by Gasteiger charge is 2.17. The summed E-state index contributed by atoms with van der Waals surface area (Å²) in [5, 5.41) is 2.07. The van der Waals surface area contributed by atoms with E-state index in [1.54, 1.807) is 23.5 Å². The van der Waals surface area contributed by atoms with Crippen LogP contribution in [0.25, 0.3) is 0 Å². The fraction of sp³-hybridized carbons (Fsp3) is 0.375. The van der Waals surface area contributed by atoms with Gasteiger partial charge in [-0.2, -0.15) is 0 Å². The lowest BCUT2D eigenvalue weighted by molar-refractivity contribution is 0.323. The van der Waals surface area contributed by atoms with Crippen molar-refractivity contribution in [1.29, 1.82) is 0 Å². The van der Waals surface area contributed by atoms with Crippen molar-refractivity contribution in [2.75, 3.05) is 24.6 Å². The summed E-state index contributed by atoms with van der Waals surface area (Å²) in [6, 6.07) is 8.97. The molecule has 1 aromatic carbocycles. The molecular formula is C16H18FNOS. The molecule has 0 amide bonds. The Morgan fingerprint density at radius 3 is 2.80 bits per heavy atom. The highest BCUT2D eigenvalue weighted by molar-refractivity contribution is 7.09. The van der Waals surface area contributed by atoms with Gasteiger partial charge in [0.2, 0.25) is 0 Å². The summed E-state index contributed by atoms with van der Waals surface area (Å²) in [5.74, 6) is 0.599. The van der Waals surface area contributed by atoms with Crippen LogP contribution in [0.2, 0.25) is 0 Å². The van der Waals surface area contributed by atoms with Gasteiger partial charge in [0.25, 0.3) is 0 Å². The summed E-state index contributed by atoms with van der Waals surface area (Å²) >= 11 is 1.74. The Morgan fingerprint density at radius 2 is 2.05 bits per heavy atom. The van der Waals surface area contributed by atoms with E-state index in [4.69, 9.17) is 4.74 Å². The summed E-state index contributed by atoms with van der Waals surface area (Å²) < 4.78 is 19.3. The van der Waals surface area contributed by atoms with Crippen molar-refractivity contribution in [1.82, 2.24) is 0 Å². The van der Waals surface area contributed by atoms with E-state index in [2.05, 4.69) is 16.3 Å². The largest absolute Gasteiger partial charge is 0.491 e. The predicted molar refractivity (Wildman–Crippen MR) is 81.4 cm³/mol. The molecule has 1 aliphatic heterocycles. The SMILES string of the molecule is Fc1ccc(OCCc2cccs2)c(N2CCCC2)c1. The maximum atomic E-state index is 13.5. The second kappa shape index (κ2) is 6.27. The van der Waals surface area contributed by atoms with Crippen molar-refractivity contribution in [3.05, 3.63) is 46.4 Å². The molecule has 0 saturated carbocycles. The van der Waals surface area contributed by atoms with Crippen LogP contribution < -0.4 is 9.64 Å². The first-order chi connectivity index (χ1) is 9.83. The van der Waals surface area contributed by atoms with E-state index in [9.17, 15) is 4.39 Å². The molecule has 106 valence electrons. The van der Waals surface area contributed by atoms with E-state index in [0.29, 0.717) is 6.61 Å². The molecular weight excluding hydrogens is 273 g/mol. The third-order valence-corrected chi connectivity index (χ3v) is 4.49. The van der Waals surface area contributed by atoms with Crippen LogP contribution >= 0.6 is 11.3 Å². The molecule has 4 heteroatoms. The average molecular weight is 291 g/mol. The molecule has 1 aromatic heterocycles. The minimum absolute atomic E-state index is 0.197. The van der Waals surface area contributed by atoms with Gasteiger partial charge in [0.1, 0.15) is 11.6 Å². The van der Waals surface area contributed by atoms with Gasteiger partial charge in [0, 0.05) is 30.5 Å². The molecule has 3 rings (SSSR count). The Morgan fingerprint density at radius 1 is 1.20 bits per heavy atom. The normalized spacial score (nSPS) is 14.8. The van der Waals surface area contributed by atoms with E-state index in [-0.39, 0.29) is 5.82 Å². The molecule has 1 aliphatic rings. The highest BCUT2D eigenvalue weighted by atomic mass is 32.1. The fourth-order valence-electron chi connectivity index (χ4n) is 2.53. The molecule has 1 fully saturated rings. The molecule has 1 saturated heterocycles. The maximum Gasteiger partial charge on any atom is 0.142 e. The molecule has 20 heavy (non-hydrogen) atoms. The van der Waals surface area contributed by atoms with Crippen molar-refractivity contribution in [2.45, 2.75) is 19.3 Å². The van der Waals surface area contributed by atoms with Gasteiger partial charge in [0.15, 0.2) is 0 Å². The standard InChI is InChI=1S/C16H18FNOS/c17-13-5-6-16(15(12-13)18-8-1-2-9-18)19-10-7-14-4-3-11-20-14/h3-6,11-12H,1-2,7-10H2. The summed E-state index contributed by atoms with van der Waals surface area (Å²) in [4.78, 5) is 3.53. The van der Waals surface area contributed by atoms with Gasteiger partial charge in [0.05, 0.1) is 12.3 Å². The molecule has 0 aliphatic carbocycles. The maximum absolute atomic E-state index is 13.5. The van der Waals surface area contributed by atoms with Gasteiger partial charge in [-0.25, -0.2) is 4.39 Å². The molecule has 0 radical (unpaired) electrons. The molecule has 0 bridgehead atoms. The Balaban J connectivity index is 1.68. The number of hydrogen-bond donors (Lipinski definition) is 0. The molecule has 2 aromatic rings. The molecule has 0 atom stereocenters. The van der Waals surface area contributed by atoms with E-state index < -0.39 is 0 Å². The molecule has 0 spiro atoms. The van der Waals surface area contributed by atoms with Gasteiger partial charge in [-0.15, -0.1) is 11.3 Å². The van der Waals surface area contributed by atoms with Crippen LogP contribution in [-0.2, 0) is 6.42 Å². The van der Waals surface area contributed by atoms with E-state index in [1.165, 1.54) is 23.8 Å². The van der Waals surface area contributed by atoms with Crippen LogP contribution in [-0.4, -0.2) is 19.7 Å². The molecule has 2 heterocycles. The molecule has 2 nitrogen and oxygen atoms in total. The lowest BCUT2D eigenvalue weighted by Crippen LogP contribution is -2.19. The van der Waals surface area contributed by atoms with Crippen LogP contribution in [0.3, 0.4) is 0 Å². The van der Waals surface area contributed by atoms with E-state index in [1.807, 2.05) is 6.07 Å². The minimum Gasteiger partial charge on any atom is -0.491 e. The number of rotatable bonds is 5. The minimum atomic E-state index is -0.197. The van der Waals surface area contributed by atoms with Crippen LogP contribution in [0.1, 0.15) is 17.7 Å². The Labute approximate surface area is 122 Å². The number of benzene rings is 1. The summed E-state index contributed by atoms with van der Waals surface area (Å²) in [7, 11) is 0. The van der Waals surface area contributed by atoms with Crippen molar-refractivity contribution in [2.24, 2.45) is 0 Å². The number of thiophene rings is 1. The first-order valence-electron chi connectivity index (χ1n) is 7.02. The third-order valence-electron chi connectivity index (χ3n) is 3.55. The smallest absolute Gasteiger partial charge is 0.142 e. The summed E-state index contributed by atoms with van der Waals surface area (Å²) in [5.41, 5.74) is 0.897. The Bertz CT molecular complexity index is 550. The fourth-order valence-corrected chi connectivity index (χ4v) is 3.22. The zero-order valence-corrected chi connectivity index (χ0v) is 12.2. The second-order valence-electron chi connectivity index (χ2n) is 4.98. The summed E-state index contributed by atoms with van der Waals surface area (Å²) in [6.45, 7) is 2.61. The molecule has 0 unspecified atom stereocenters. The number of hydrogen-bond acceptors (Lipinski definition) is 3.